The van der Waals surface area contributed by atoms with E-state index in [0.29, 0.717) is 0 Å². The summed E-state index contributed by atoms with van der Waals surface area (Å²) in [5.74, 6) is 2.08. The molecule has 0 radical (unpaired) electrons. The second-order valence-electron chi connectivity index (χ2n) is 1.85. The Morgan fingerprint density at radius 1 is 1.88 bits per heavy atom. The fraction of sp³-hybridized carbons (Fsp3) is 1.00. The zero-order valence-electron chi connectivity index (χ0n) is 5.35. The van der Waals surface area contributed by atoms with Gasteiger partial charge in [-0.2, -0.15) is 0 Å². The molecule has 2 unspecified atom stereocenters. The summed E-state index contributed by atoms with van der Waals surface area (Å²) < 4.78 is 10.6. The van der Waals surface area contributed by atoms with Crippen LogP contribution in [0.15, 0.2) is 0 Å². The smallest absolute Gasteiger partial charge is 0.252 e. The van der Waals surface area contributed by atoms with E-state index in [2.05, 4.69) is 5.79 Å². The lowest BCUT2D eigenvalue weighted by Gasteiger charge is -2.03. The molecule has 0 aliphatic rings. The third-order valence-electron chi connectivity index (χ3n) is 1.33. The molecule has 2 nitrogen and oxygen atoms in total. The van der Waals surface area contributed by atoms with Crippen molar-refractivity contribution in [2.45, 2.75) is 23.7 Å². The normalized spacial score (nSPS) is 17.4. The quantitative estimate of drug-likeness (QED) is 0.474. The zero-order chi connectivity index (χ0) is 6.57. The van der Waals surface area contributed by atoms with Crippen LogP contribution in [0.25, 0.3) is 0 Å². The van der Waals surface area contributed by atoms with E-state index in [9.17, 15) is 4.57 Å². The van der Waals surface area contributed by atoms with E-state index in [0.717, 1.165) is 6.42 Å². The molecule has 0 fully saturated rings. The second kappa shape index (κ2) is 4.59. The molecule has 2 atom stereocenters. The molecule has 0 aromatic carbocycles. The van der Waals surface area contributed by atoms with Crippen LogP contribution in [0.3, 0.4) is 0 Å². The van der Waals surface area contributed by atoms with Gasteiger partial charge in [0.2, 0.25) is 0 Å². The SMILES string of the molecule is CC[CH]([AlH][CH3])[PH](=O)O. The molecular formula is C4H12AlO2P. The van der Waals surface area contributed by atoms with Crippen molar-refractivity contribution < 1.29 is 9.46 Å². The minimum absolute atomic E-state index is 0.194. The molecular weight excluding hydrogens is 138 g/mol. The van der Waals surface area contributed by atoms with Crippen LogP contribution in [0.5, 0.6) is 0 Å². The average Bonchev–Trinajstić information content (AvgIpc) is 1.69. The number of hydrogen-bond acceptors (Lipinski definition) is 1. The van der Waals surface area contributed by atoms with Crippen molar-refractivity contribution in [2.24, 2.45) is 0 Å². The van der Waals surface area contributed by atoms with Gasteiger partial charge >= 0.3 is 0 Å². The Morgan fingerprint density at radius 3 is 2.38 bits per heavy atom. The first-order valence-electron chi connectivity index (χ1n) is 2.95. The first-order chi connectivity index (χ1) is 3.72. The number of hydrogen-bond donors (Lipinski definition) is 1. The lowest BCUT2D eigenvalue weighted by atomic mass is 10.6. The Labute approximate surface area is 56.9 Å². The highest BCUT2D eigenvalue weighted by atomic mass is 31.1. The fourth-order valence-electron chi connectivity index (χ4n) is 0.638. The highest BCUT2D eigenvalue weighted by Gasteiger charge is 2.09. The van der Waals surface area contributed by atoms with E-state index in [4.69, 9.17) is 4.89 Å². The van der Waals surface area contributed by atoms with Crippen LogP contribution in [0, 0.1) is 0 Å². The van der Waals surface area contributed by atoms with E-state index in [1.165, 1.54) is 0 Å². The van der Waals surface area contributed by atoms with Crippen molar-refractivity contribution in [2.75, 3.05) is 0 Å². The van der Waals surface area contributed by atoms with Gasteiger partial charge in [0, 0.05) is 0 Å². The van der Waals surface area contributed by atoms with Crippen LogP contribution < -0.4 is 0 Å². The van der Waals surface area contributed by atoms with Crippen molar-refractivity contribution in [3.05, 3.63) is 0 Å². The van der Waals surface area contributed by atoms with Gasteiger partial charge in [-0.3, -0.25) is 4.57 Å². The van der Waals surface area contributed by atoms with Gasteiger partial charge in [-0.25, -0.2) is 0 Å². The third kappa shape index (κ3) is 2.89. The van der Waals surface area contributed by atoms with Gasteiger partial charge in [0.15, 0.2) is 8.03 Å². The fourth-order valence-corrected chi connectivity index (χ4v) is 2.96. The molecule has 0 aliphatic carbocycles. The van der Waals surface area contributed by atoms with Crippen LogP contribution in [0.1, 0.15) is 13.3 Å². The highest BCUT2D eigenvalue weighted by Crippen LogP contribution is 2.23. The molecule has 8 heavy (non-hydrogen) atoms. The molecule has 0 amide bonds. The van der Waals surface area contributed by atoms with E-state index in [1.807, 2.05) is 6.92 Å². The minimum atomic E-state index is -2.16. The summed E-state index contributed by atoms with van der Waals surface area (Å²) in [4.78, 5) is 8.59. The maximum absolute atomic E-state index is 10.4. The summed E-state index contributed by atoms with van der Waals surface area (Å²) in [7, 11) is -2.16. The van der Waals surface area contributed by atoms with Crippen molar-refractivity contribution in [3.63, 3.8) is 0 Å². The van der Waals surface area contributed by atoms with Crippen LogP contribution in [-0.2, 0) is 4.57 Å². The monoisotopic (exact) mass is 150 g/mol. The summed E-state index contributed by atoms with van der Waals surface area (Å²) in [6.45, 7) is 1.97. The first-order valence-corrected chi connectivity index (χ1v) is 6.61. The topological polar surface area (TPSA) is 37.3 Å². The molecule has 0 saturated carbocycles. The Balaban J connectivity index is 3.52. The third-order valence-corrected chi connectivity index (χ3v) is 6.28. The molecule has 0 aromatic heterocycles. The maximum atomic E-state index is 10.4. The Hall–Kier alpha value is 0.722. The summed E-state index contributed by atoms with van der Waals surface area (Å²) >= 11 is -0.237. The molecule has 0 aliphatic heterocycles. The van der Waals surface area contributed by atoms with E-state index in [1.54, 1.807) is 0 Å². The van der Waals surface area contributed by atoms with Gasteiger partial charge in [-0.05, 0) is 4.52 Å². The molecule has 48 valence electrons. The van der Waals surface area contributed by atoms with Gasteiger partial charge < -0.3 is 4.89 Å². The molecule has 0 aromatic rings. The van der Waals surface area contributed by atoms with Gasteiger partial charge in [-0.1, -0.05) is 13.3 Å². The van der Waals surface area contributed by atoms with Crippen molar-refractivity contribution in [1.82, 2.24) is 0 Å². The highest BCUT2D eigenvalue weighted by molar-refractivity contribution is 7.41. The maximum Gasteiger partial charge on any atom is 0.252 e. The number of rotatable bonds is 3. The van der Waals surface area contributed by atoms with E-state index in [-0.39, 0.29) is 19.7 Å². The molecule has 1 N–H and O–H groups in total. The second-order valence-corrected chi connectivity index (χ2v) is 5.96. The van der Waals surface area contributed by atoms with Gasteiger partial charge in [0.25, 0.3) is 15.2 Å². The van der Waals surface area contributed by atoms with Crippen LogP contribution >= 0.6 is 8.03 Å². The average molecular weight is 150 g/mol. The summed E-state index contributed by atoms with van der Waals surface area (Å²) in [5, 5.41) is 0. The molecule has 0 heterocycles. The standard InChI is InChI=1S/C3H8O2P.CH3.Al.H/c1-2-3-6(4)5;;;/h3,6H,2H2,1H3,(H,4,5);1H3;;. The Morgan fingerprint density at radius 2 is 2.38 bits per heavy atom. The van der Waals surface area contributed by atoms with E-state index >= 15 is 0 Å². The van der Waals surface area contributed by atoms with Crippen LogP contribution in [0.4, 0.5) is 0 Å². The molecule has 0 rings (SSSR count). The van der Waals surface area contributed by atoms with E-state index < -0.39 is 8.03 Å². The predicted octanol–water partition coefficient (Wildman–Crippen LogP) is 0.674. The molecule has 0 saturated heterocycles. The molecule has 0 bridgehead atoms. The Kier molecular flexibility index (Phi) is 5.00. The molecule has 0 spiro atoms. The van der Waals surface area contributed by atoms with Gasteiger partial charge in [0.1, 0.15) is 0 Å². The lowest BCUT2D eigenvalue weighted by molar-refractivity contribution is 0.498. The summed E-state index contributed by atoms with van der Waals surface area (Å²) in [6.07, 6.45) is 0.886. The minimum Gasteiger partial charge on any atom is -0.347 e. The summed E-state index contributed by atoms with van der Waals surface area (Å²) in [6, 6.07) is 0. The Bertz CT molecular complexity index is 82.1. The van der Waals surface area contributed by atoms with Crippen LogP contribution in [0.2, 0.25) is 5.79 Å². The predicted molar refractivity (Wildman–Crippen MR) is 38.3 cm³/mol. The van der Waals surface area contributed by atoms with Crippen molar-refractivity contribution >= 4 is 23.2 Å². The summed E-state index contributed by atoms with van der Waals surface area (Å²) in [5.41, 5.74) is 0. The van der Waals surface area contributed by atoms with Gasteiger partial charge in [-0.15, -0.1) is 5.79 Å². The lowest BCUT2D eigenvalue weighted by Crippen LogP contribution is -2.06. The zero-order valence-corrected chi connectivity index (χ0v) is 7.76. The van der Waals surface area contributed by atoms with Crippen LogP contribution in [-0.4, -0.2) is 24.6 Å². The largest absolute Gasteiger partial charge is 0.347 e. The van der Waals surface area contributed by atoms with Crippen molar-refractivity contribution in [1.29, 1.82) is 0 Å². The molecule has 4 heteroatoms. The van der Waals surface area contributed by atoms with Crippen molar-refractivity contribution in [3.8, 4) is 0 Å². The van der Waals surface area contributed by atoms with Gasteiger partial charge in [0.05, 0.1) is 0 Å². The first kappa shape index (κ1) is 8.72.